The van der Waals surface area contributed by atoms with Crippen molar-refractivity contribution in [3.63, 3.8) is 0 Å². The van der Waals surface area contributed by atoms with Crippen LogP contribution in [-0.2, 0) is 0 Å². The lowest BCUT2D eigenvalue weighted by molar-refractivity contribution is 0.589. The predicted octanol–water partition coefficient (Wildman–Crippen LogP) is 3.07. The van der Waals surface area contributed by atoms with Crippen LogP contribution in [0.15, 0.2) is 48.5 Å². The minimum absolute atomic E-state index is 1.07. The van der Waals surface area contributed by atoms with Gasteiger partial charge in [0.15, 0.2) is 0 Å². The number of piperazine rings is 1. The Kier molecular flexibility index (Phi) is 3.51. The quantitative estimate of drug-likeness (QED) is 0.883. The number of hydrogen-bond acceptors (Lipinski definition) is 2. The van der Waals surface area contributed by atoms with Crippen molar-refractivity contribution in [2.24, 2.45) is 0 Å². The average molecular weight is 252 g/mol. The van der Waals surface area contributed by atoms with E-state index in [0.29, 0.717) is 0 Å². The van der Waals surface area contributed by atoms with Gasteiger partial charge in [-0.25, -0.2) is 0 Å². The average Bonchev–Trinajstić information content (AvgIpc) is 2.49. The van der Waals surface area contributed by atoms with E-state index in [1.54, 1.807) is 0 Å². The van der Waals surface area contributed by atoms with Gasteiger partial charge >= 0.3 is 0 Å². The second-order valence-electron chi connectivity index (χ2n) is 5.12. The van der Waals surface area contributed by atoms with E-state index in [-0.39, 0.29) is 0 Å². The van der Waals surface area contributed by atoms with E-state index in [0.717, 1.165) is 26.2 Å². The molecule has 1 heterocycles. The van der Waals surface area contributed by atoms with Gasteiger partial charge in [0.1, 0.15) is 0 Å². The molecule has 2 heteroatoms. The van der Waals surface area contributed by atoms with Crippen molar-refractivity contribution >= 4 is 5.69 Å². The van der Waals surface area contributed by atoms with Gasteiger partial charge in [0.25, 0.3) is 0 Å². The maximum Gasteiger partial charge on any atom is 0.0449 e. The topological polar surface area (TPSA) is 15.3 Å². The minimum Gasteiger partial charge on any atom is -0.368 e. The lowest BCUT2D eigenvalue weighted by atomic mass is 10.0. The molecule has 0 unspecified atom stereocenters. The molecule has 1 aliphatic rings. The van der Waals surface area contributed by atoms with Gasteiger partial charge in [0.2, 0.25) is 0 Å². The summed E-state index contributed by atoms with van der Waals surface area (Å²) >= 11 is 0. The van der Waals surface area contributed by atoms with Gasteiger partial charge in [-0.05, 0) is 24.1 Å². The largest absolute Gasteiger partial charge is 0.368 e. The molecule has 0 radical (unpaired) electrons. The van der Waals surface area contributed by atoms with E-state index >= 15 is 0 Å². The van der Waals surface area contributed by atoms with Crippen LogP contribution in [0.5, 0.6) is 0 Å². The summed E-state index contributed by atoms with van der Waals surface area (Å²) in [7, 11) is 0. The number of hydrogen-bond donors (Lipinski definition) is 1. The first-order valence-corrected chi connectivity index (χ1v) is 6.96. The highest BCUT2D eigenvalue weighted by atomic mass is 15.2. The van der Waals surface area contributed by atoms with E-state index in [4.69, 9.17) is 0 Å². The summed E-state index contributed by atoms with van der Waals surface area (Å²) in [6.45, 7) is 6.48. The Morgan fingerprint density at radius 1 is 0.947 bits per heavy atom. The first-order chi connectivity index (χ1) is 9.34. The smallest absolute Gasteiger partial charge is 0.0449 e. The molecule has 2 nitrogen and oxygen atoms in total. The fourth-order valence-corrected chi connectivity index (χ4v) is 2.67. The lowest BCUT2D eigenvalue weighted by Gasteiger charge is -2.31. The summed E-state index contributed by atoms with van der Waals surface area (Å²) in [4.78, 5) is 2.49. The van der Waals surface area contributed by atoms with Crippen LogP contribution < -0.4 is 10.2 Å². The summed E-state index contributed by atoms with van der Waals surface area (Å²) in [6, 6.07) is 17.4. The van der Waals surface area contributed by atoms with Gasteiger partial charge in [-0.15, -0.1) is 0 Å². The van der Waals surface area contributed by atoms with Crippen molar-refractivity contribution in [3.8, 4) is 11.1 Å². The van der Waals surface area contributed by atoms with Crippen molar-refractivity contribution in [2.45, 2.75) is 6.92 Å². The summed E-state index contributed by atoms with van der Waals surface area (Å²) in [5.41, 5.74) is 5.34. The maximum absolute atomic E-state index is 3.42. The van der Waals surface area contributed by atoms with E-state index < -0.39 is 0 Å². The van der Waals surface area contributed by atoms with Crippen molar-refractivity contribution < 1.29 is 0 Å². The van der Waals surface area contributed by atoms with Gasteiger partial charge in [-0.1, -0.05) is 42.5 Å². The minimum atomic E-state index is 1.07. The first kappa shape index (κ1) is 12.2. The fraction of sp³-hybridized carbons (Fsp3) is 0.294. The molecule has 0 atom stereocenters. The molecule has 2 aromatic carbocycles. The zero-order valence-corrected chi connectivity index (χ0v) is 11.4. The third-order valence-electron chi connectivity index (χ3n) is 3.70. The molecule has 98 valence electrons. The lowest BCUT2D eigenvalue weighted by Crippen LogP contribution is -2.43. The van der Waals surface area contributed by atoms with Crippen molar-refractivity contribution in [1.29, 1.82) is 0 Å². The second kappa shape index (κ2) is 5.45. The van der Waals surface area contributed by atoms with Crippen molar-refractivity contribution in [3.05, 3.63) is 54.1 Å². The van der Waals surface area contributed by atoms with E-state index in [9.17, 15) is 0 Å². The second-order valence-corrected chi connectivity index (χ2v) is 5.12. The third kappa shape index (κ3) is 2.64. The first-order valence-electron chi connectivity index (χ1n) is 6.96. The molecule has 0 spiro atoms. The Morgan fingerprint density at radius 2 is 1.68 bits per heavy atom. The highest BCUT2D eigenvalue weighted by molar-refractivity contribution is 5.79. The van der Waals surface area contributed by atoms with Crippen LogP contribution in [0.3, 0.4) is 0 Å². The number of nitrogens with zero attached hydrogens (tertiary/aromatic N) is 1. The van der Waals surface area contributed by atoms with Crippen LogP contribution in [0.1, 0.15) is 5.56 Å². The molecule has 0 aromatic heterocycles. The van der Waals surface area contributed by atoms with Crippen LogP contribution in [-0.4, -0.2) is 26.2 Å². The van der Waals surface area contributed by atoms with E-state index in [1.807, 2.05) is 0 Å². The van der Waals surface area contributed by atoms with Crippen molar-refractivity contribution in [2.75, 3.05) is 31.1 Å². The van der Waals surface area contributed by atoms with Gasteiger partial charge in [0.05, 0.1) is 0 Å². The molecule has 2 aromatic rings. The molecular weight excluding hydrogens is 232 g/mol. The molecular formula is C17H20N2. The van der Waals surface area contributed by atoms with Crippen LogP contribution in [0.25, 0.3) is 11.1 Å². The number of aryl methyl sites for hydroxylation is 1. The Morgan fingerprint density at radius 3 is 2.42 bits per heavy atom. The molecule has 0 amide bonds. The normalized spacial score (nSPS) is 15.5. The monoisotopic (exact) mass is 252 g/mol. The van der Waals surface area contributed by atoms with E-state index in [2.05, 4.69) is 65.7 Å². The predicted molar refractivity (Wildman–Crippen MR) is 81.7 cm³/mol. The van der Waals surface area contributed by atoms with Gasteiger partial charge in [-0.3, -0.25) is 0 Å². The van der Waals surface area contributed by atoms with Gasteiger partial charge in [0, 0.05) is 37.4 Å². The van der Waals surface area contributed by atoms with Gasteiger partial charge < -0.3 is 10.2 Å². The summed E-state index contributed by atoms with van der Waals surface area (Å²) < 4.78 is 0. The number of benzene rings is 2. The molecule has 1 saturated heterocycles. The summed E-state index contributed by atoms with van der Waals surface area (Å²) in [5, 5.41) is 3.42. The highest BCUT2D eigenvalue weighted by Crippen LogP contribution is 2.31. The zero-order chi connectivity index (χ0) is 13.1. The molecule has 1 N–H and O–H groups in total. The Bertz CT molecular complexity index is 542. The van der Waals surface area contributed by atoms with Gasteiger partial charge in [-0.2, -0.15) is 0 Å². The molecule has 0 aliphatic carbocycles. The highest BCUT2D eigenvalue weighted by Gasteiger charge is 2.15. The summed E-state index contributed by atoms with van der Waals surface area (Å²) in [5.74, 6) is 0. The Labute approximate surface area is 115 Å². The van der Waals surface area contributed by atoms with Crippen LogP contribution in [0.4, 0.5) is 5.69 Å². The van der Waals surface area contributed by atoms with Crippen LogP contribution >= 0.6 is 0 Å². The number of anilines is 1. The Hall–Kier alpha value is -1.80. The molecule has 1 fully saturated rings. The standard InChI is InChI=1S/C17H20N2/c1-14-7-8-16(15-5-3-2-4-6-15)17(13-14)19-11-9-18-10-12-19/h2-8,13,18H,9-12H2,1H3. The fourth-order valence-electron chi connectivity index (χ4n) is 2.67. The molecule has 0 bridgehead atoms. The zero-order valence-electron chi connectivity index (χ0n) is 11.4. The van der Waals surface area contributed by atoms with Crippen molar-refractivity contribution in [1.82, 2.24) is 5.32 Å². The third-order valence-corrected chi connectivity index (χ3v) is 3.70. The summed E-state index contributed by atoms with van der Waals surface area (Å²) in [6.07, 6.45) is 0. The SMILES string of the molecule is Cc1ccc(-c2ccccc2)c(N2CCNCC2)c1. The number of rotatable bonds is 2. The van der Waals surface area contributed by atoms with E-state index in [1.165, 1.54) is 22.4 Å². The van der Waals surface area contributed by atoms with Crippen LogP contribution in [0, 0.1) is 6.92 Å². The molecule has 1 aliphatic heterocycles. The molecule has 19 heavy (non-hydrogen) atoms. The van der Waals surface area contributed by atoms with Crippen LogP contribution in [0.2, 0.25) is 0 Å². The molecule has 3 rings (SSSR count). The number of nitrogens with one attached hydrogen (secondary N) is 1. The Balaban J connectivity index is 2.04. The maximum atomic E-state index is 3.42. The molecule has 0 saturated carbocycles.